The Kier molecular flexibility index (Phi) is 2.84. The number of carboxylic acids is 1. The lowest BCUT2D eigenvalue weighted by molar-refractivity contribution is -0.137. The standard InChI is InChI=1S/C16H15NO2/c17-15(9-16(18)19)11-5-6-14-12(8-11)7-10-3-1-2-4-13(10)14/h1-6,8,15H,7,9,17H2,(H,18,19). The lowest BCUT2D eigenvalue weighted by Gasteiger charge is -2.11. The fourth-order valence-electron chi connectivity index (χ4n) is 2.70. The van der Waals surface area contributed by atoms with Gasteiger partial charge in [-0.25, -0.2) is 0 Å². The Hall–Kier alpha value is -2.13. The highest BCUT2D eigenvalue weighted by Gasteiger charge is 2.19. The highest BCUT2D eigenvalue weighted by Crippen LogP contribution is 2.37. The summed E-state index contributed by atoms with van der Waals surface area (Å²) >= 11 is 0. The Labute approximate surface area is 111 Å². The molecule has 0 fully saturated rings. The number of hydrogen-bond acceptors (Lipinski definition) is 2. The zero-order valence-corrected chi connectivity index (χ0v) is 10.5. The quantitative estimate of drug-likeness (QED) is 0.754. The van der Waals surface area contributed by atoms with Gasteiger partial charge in [0.15, 0.2) is 0 Å². The number of carboxylic acid groups (broad SMARTS) is 1. The van der Waals surface area contributed by atoms with Crippen molar-refractivity contribution in [2.75, 3.05) is 0 Å². The summed E-state index contributed by atoms with van der Waals surface area (Å²) in [6.45, 7) is 0. The Morgan fingerprint density at radius 2 is 1.89 bits per heavy atom. The SMILES string of the molecule is NC(CC(=O)O)c1ccc2c(c1)Cc1ccccc1-2. The van der Waals surface area contributed by atoms with E-state index in [0.29, 0.717) is 0 Å². The van der Waals surface area contributed by atoms with Crippen LogP contribution in [-0.4, -0.2) is 11.1 Å². The highest BCUT2D eigenvalue weighted by atomic mass is 16.4. The largest absolute Gasteiger partial charge is 0.481 e. The predicted octanol–water partition coefficient (Wildman–Crippen LogP) is 2.73. The van der Waals surface area contributed by atoms with Crippen LogP contribution < -0.4 is 5.73 Å². The molecule has 1 aliphatic rings. The lowest BCUT2D eigenvalue weighted by atomic mass is 9.98. The predicted molar refractivity (Wildman–Crippen MR) is 73.9 cm³/mol. The second kappa shape index (κ2) is 4.52. The molecule has 0 bridgehead atoms. The zero-order valence-electron chi connectivity index (χ0n) is 10.5. The van der Waals surface area contributed by atoms with Gasteiger partial charge in [0.1, 0.15) is 0 Å². The molecule has 1 aliphatic carbocycles. The second-order valence-corrected chi connectivity index (χ2v) is 4.95. The van der Waals surface area contributed by atoms with Crippen LogP contribution in [0.3, 0.4) is 0 Å². The van der Waals surface area contributed by atoms with Crippen LogP contribution >= 0.6 is 0 Å². The van der Waals surface area contributed by atoms with Crippen LogP contribution in [0, 0.1) is 0 Å². The smallest absolute Gasteiger partial charge is 0.305 e. The number of fused-ring (bicyclic) bond motifs is 3. The fourth-order valence-corrected chi connectivity index (χ4v) is 2.70. The highest BCUT2D eigenvalue weighted by molar-refractivity contribution is 5.77. The van der Waals surface area contributed by atoms with E-state index >= 15 is 0 Å². The molecule has 0 saturated carbocycles. The van der Waals surface area contributed by atoms with E-state index in [0.717, 1.165) is 12.0 Å². The molecule has 0 heterocycles. The number of nitrogens with two attached hydrogens (primary N) is 1. The first kappa shape index (κ1) is 11.9. The van der Waals surface area contributed by atoms with Crippen molar-refractivity contribution in [1.29, 1.82) is 0 Å². The van der Waals surface area contributed by atoms with Crippen LogP contribution in [-0.2, 0) is 11.2 Å². The fraction of sp³-hybridized carbons (Fsp3) is 0.188. The van der Waals surface area contributed by atoms with E-state index in [1.807, 2.05) is 24.3 Å². The summed E-state index contributed by atoms with van der Waals surface area (Å²) in [4.78, 5) is 10.7. The third kappa shape index (κ3) is 2.13. The maximum absolute atomic E-state index is 10.7. The molecule has 0 amide bonds. The van der Waals surface area contributed by atoms with Gasteiger partial charge in [-0.1, -0.05) is 42.5 Å². The molecule has 19 heavy (non-hydrogen) atoms. The molecule has 2 aromatic rings. The molecule has 0 spiro atoms. The minimum Gasteiger partial charge on any atom is -0.481 e. The third-order valence-electron chi connectivity index (χ3n) is 3.64. The van der Waals surface area contributed by atoms with Gasteiger partial charge in [-0.3, -0.25) is 4.79 Å². The van der Waals surface area contributed by atoms with E-state index in [-0.39, 0.29) is 6.42 Å². The van der Waals surface area contributed by atoms with Gasteiger partial charge in [0.2, 0.25) is 0 Å². The third-order valence-corrected chi connectivity index (χ3v) is 3.64. The molecule has 3 nitrogen and oxygen atoms in total. The molecule has 2 aromatic carbocycles. The van der Waals surface area contributed by atoms with E-state index in [9.17, 15) is 4.79 Å². The second-order valence-electron chi connectivity index (χ2n) is 4.95. The first-order chi connectivity index (χ1) is 9.15. The van der Waals surface area contributed by atoms with Crippen molar-refractivity contribution >= 4 is 5.97 Å². The van der Waals surface area contributed by atoms with Crippen molar-refractivity contribution in [1.82, 2.24) is 0 Å². The van der Waals surface area contributed by atoms with E-state index in [2.05, 4.69) is 18.2 Å². The van der Waals surface area contributed by atoms with Crippen molar-refractivity contribution < 1.29 is 9.90 Å². The van der Waals surface area contributed by atoms with Gasteiger partial charge in [0, 0.05) is 6.04 Å². The Bertz CT molecular complexity index is 649. The average Bonchev–Trinajstić information content (AvgIpc) is 2.75. The molecule has 0 aromatic heterocycles. The molecular weight excluding hydrogens is 238 g/mol. The zero-order chi connectivity index (χ0) is 13.4. The van der Waals surface area contributed by atoms with Crippen LogP contribution in [0.1, 0.15) is 29.2 Å². The van der Waals surface area contributed by atoms with Crippen molar-refractivity contribution in [2.24, 2.45) is 5.73 Å². The summed E-state index contributed by atoms with van der Waals surface area (Å²) in [7, 11) is 0. The summed E-state index contributed by atoms with van der Waals surface area (Å²) < 4.78 is 0. The summed E-state index contributed by atoms with van der Waals surface area (Å²) in [5.74, 6) is -0.865. The monoisotopic (exact) mass is 253 g/mol. The maximum Gasteiger partial charge on any atom is 0.305 e. The molecule has 0 saturated heterocycles. The first-order valence-corrected chi connectivity index (χ1v) is 6.33. The van der Waals surface area contributed by atoms with E-state index in [4.69, 9.17) is 10.8 Å². The van der Waals surface area contributed by atoms with Crippen LogP contribution in [0.5, 0.6) is 0 Å². The van der Waals surface area contributed by atoms with Gasteiger partial charge < -0.3 is 10.8 Å². The number of hydrogen-bond donors (Lipinski definition) is 2. The number of aliphatic carboxylic acids is 1. The average molecular weight is 253 g/mol. The van der Waals surface area contributed by atoms with E-state index in [1.165, 1.54) is 22.3 Å². The normalized spacial score (nSPS) is 13.7. The molecule has 0 aliphatic heterocycles. The summed E-state index contributed by atoms with van der Waals surface area (Å²) in [6, 6.07) is 13.9. The number of carbonyl (C=O) groups is 1. The van der Waals surface area contributed by atoms with Crippen LogP contribution in [0.4, 0.5) is 0 Å². The molecule has 0 radical (unpaired) electrons. The molecule has 1 unspecified atom stereocenters. The van der Waals surface area contributed by atoms with Crippen LogP contribution in [0.2, 0.25) is 0 Å². The Morgan fingerprint density at radius 3 is 2.68 bits per heavy atom. The number of benzene rings is 2. The van der Waals surface area contributed by atoms with Gasteiger partial charge in [0.05, 0.1) is 6.42 Å². The van der Waals surface area contributed by atoms with Gasteiger partial charge in [-0.05, 0) is 34.2 Å². The minimum atomic E-state index is -0.865. The van der Waals surface area contributed by atoms with Crippen LogP contribution in [0.15, 0.2) is 42.5 Å². The first-order valence-electron chi connectivity index (χ1n) is 6.33. The summed E-state index contributed by atoms with van der Waals surface area (Å²) in [6.07, 6.45) is 0.866. The Balaban J connectivity index is 1.95. The molecule has 3 rings (SSSR count). The van der Waals surface area contributed by atoms with Gasteiger partial charge >= 0.3 is 5.97 Å². The van der Waals surface area contributed by atoms with Crippen LogP contribution in [0.25, 0.3) is 11.1 Å². The van der Waals surface area contributed by atoms with E-state index < -0.39 is 12.0 Å². The van der Waals surface area contributed by atoms with Crippen molar-refractivity contribution in [2.45, 2.75) is 18.9 Å². The molecule has 3 N–H and O–H groups in total. The number of rotatable bonds is 3. The lowest BCUT2D eigenvalue weighted by Crippen LogP contribution is -2.15. The molecule has 1 atom stereocenters. The van der Waals surface area contributed by atoms with Gasteiger partial charge in [-0.2, -0.15) is 0 Å². The van der Waals surface area contributed by atoms with Crippen molar-refractivity contribution in [3.63, 3.8) is 0 Å². The van der Waals surface area contributed by atoms with Gasteiger partial charge in [0.25, 0.3) is 0 Å². The van der Waals surface area contributed by atoms with Crippen molar-refractivity contribution in [3.8, 4) is 11.1 Å². The molecular formula is C16H15NO2. The van der Waals surface area contributed by atoms with Crippen molar-refractivity contribution in [3.05, 3.63) is 59.2 Å². The summed E-state index contributed by atoms with van der Waals surface area (Å²) in [5, 5.41) is 8.80. The molecule has 96 valence electrons. The Morgan fingerprint density at radius 1 is 1.16 bits per heavy atom. The minimum absolute atomic E-state index is 0.0360. The van der Waals surface area contributed by atoms with Gasteiger partial charge in [-0.15, -0.1) is 0 Å². The van der Waals surface area contributed by atoms with E-state index in [1.54, 1.807) is 0 Å². The molecule has 3 heteroatoms. The summed E-state index contributed by atoms with van der Waals surface area (Å²) in [5.41, 5.74) is 11.9. The topological polar surface area (TPSA) is 63.3 Å². The maximum atomic E-state index is 10.7.